The summed E-state index contributed by atoms with van der Waals surface area (Å²) in [5, 5.41) is 11.4. The van der Waals surface area contributed by atoms with E-state index in [1.54, 1.807) is 6.07 Å². The summed E-state index contributed by atoms with van der Waals surface area (Å²) >= 11 is 18.1. The van der Waals surface area contributed by atoms with Crippen LogP contribution in [-0.2, 0) is 42.9 Å². The molecule has 0 aliphatic carbocycles. The first kappa shape index (κ1) is 35.4. The minimum absolute atomic E-state index is 0.00334. The van der Waals surface area contributed by atoms with Crippen LogP contribution in [0.4, 0.5) is 20.2 Å². The number of aliphatic imine (C=N–C) groups is 1. The van der Waals surface area contributed by atoms with Gasteiger partial charge in [0.1, 0.15) is 17.5 Å². The Bertz CT molecular complexity index is 1740. The Morgan fingerprint density at radius 2 is 1.54 bits per heavy atom. The molecular formula is C21H21Br2Cl2F2N5O6S3. The monoisotopic (exact) mass is 801 g/mol. The van der Waals surface area contributed by atoms with Crippen molar-refractivity contribution in [1.29, 1.82) is 5.26 Å². The average Bonchev–Trinajstić information content (AvgIpc) is 3.32. The van der Waals surface area contributed by atoms with E-state index in [9.17, 15) is 34.0 Å². The topological polar surface area (TPSA) is 166 Å². The van der Waals surface area contributed by atoms with Crippen molar-refractivity contribution in [2.45, 2.75) is 12.8 Å². The van der Waals surface area contributed by atoms with E-state index >= 15 is 0 Å². The summed E-state index contributed by atoms with van der Waals surface area (Å²) in [7, 11) is -12.0. The van der Waals surface area contributed by atoms with Gasteiger partial charge in [-0.25, -0.2) is 34.0 Å². The highest BCUT2D eigenvalue weighted by atomic mass is 79.9. The zero-order chi connectivity index (χ0) is 31.5. The van der Waals surface area contributed by atoms with Crippen molar-refractivity contribution in [2.75, 3.05) is 40.3 Å². The number of anilines is 2. The Morgan fingerprint density at radius 1 is 1.00 bits per heavy atom. The van der Waals surface area contributed by atoms with Crippen LogP contribution in [-0.4, -0.2) is 62.9 Å². The molecule has 2 aromatic carbocycles. The fraction of sp³-hybridized carbons (Fsp3) is 0.333. The number of hydrogen-bond donors (Lipinski definition) is 2. The Balaban J connectivity index is 0.000000287. The lowest BCUT2D eigenvalue weighted by Gasteiger charge is -2.22. The molecule has 0 aromatic heterocycles. The highest BCUT2D eigenvalue weighted by molar-refractivity contribution is 9.11. The van der Waals surface area contributed by atoms with Gasteiger partial charge < -0.3 is 5.32 Å². The molecule has 41 heavy (non-hydrogen) atoms. The third-order valence-electron chi connectivity index (χ3n) is 4.93. The van der Waals surface area contributed by atoms with Crippen LogP contribution < -0.4 is 13.7 Å². The zero-order valence-corrected chi connectivity index (χ0v) is 28.4. The molecule has 20 heteroatoms. The lowest BCUT2D eigenvalue weighted by molar-refractivity contribution is 0.589. The predicted octanol–water partition coefficient (Wildman–Crippen LogP) is 4.19. The van der Waals surface area contributed by atoms with Crippen molar-refractivity contribution >= 4 is 102 Å². The fourth-order valence-corrected chi connectivity index (χ4v) is 8.63. The second kappa shape index (κ2) is 13.7. The van der Waals surface area contributed by atoms with Crippen molar-refractivity contribution in [3.8, 4) is 6.07 Å². The van der Waals surface area contributed by atoms with Crippen molar-refractivity contribution in [3.05, 3.63) is 53.9 Å². The highest BCUT2D eigenvalue weighted by Gasteiger charge is 2.31. The molecule has 3 rings (SSSR count). The van der Waals surface area contributed by atoms with Gasteiger partial charge in [0.05, 0.1) is 59.2 Å². The summed E-state index contributed by atoms with van der Waals surface area (Å²) in [4.78, 5) is 4.19. The Morgan fingerprint density at radius 3 is 2.00 bits per heavy atom. The molecule has 0 atom stereocenters. The number of halogens is 6. The van der Waals surface area contributed by atoms with Gasteiger partial charge in [-0.1, -0.05) is 23.2 Å². The van der Waals surface area contributed by atoms with Gasteiger partial charge in [0.25, 0.3) is 0 Å². The molecule has 1 aliphatic heterocycles. The van der Waals surface area contributed by atoms with Gasteiger partial charge in [0.2, 0.25) is 30.1 Å². The fourth-order valence-electron chi connectivity index (χ4n) is 3.40. The van der Waals surface area contributed by atoms with Crippen molar-refractivity contribution in [1.82, 2.24) is 5.32 Å². The third kappa shape index (κ3) is 9.37. The van der Waals surface area contributed by atoms with Crippen LogP contribution in [0.3, 0.4) is 0 Å². The lowest BCUT2D eigenvalue weighted by atomic mass is 10.1. The molecule has 0 fully saturated rings. The number of sulfonamides is 3. The Labute approximate surface area is 263 Å². The van der Waals surface area contributed by atoms with Crippen molar-refractivity contribution < 1.29 is 34.0 Å². The first-order valence-corrected chi connectivity index (χ1v) is 18.8. The van der Waals surface area contributed by atoms with Crippen molar-refractivity contribution in [2.24, 2.45) is 4.99 Å². The predicted molar refractivity (Wildman–Crippen MR) is 162 cm³/mol. The zero-order valence-electron chi connectivity index (χ0n) is 21.3. The SMILES string of the molecule is CS(=O)(=O)N(c1cc(F)c(CC#N)c(Br)c1Cl)S(C)(=O)=O.CS(=O)(=O)Nc1cc(F)c(CC2=NCCN2)c(Br)c1Cl. The molecule has 0 spiro atoms. The molecule has 11 nitrogen and oxygen atoms in total. The van der Waals surface area contributed by atoms with Crippen LogP contribution in [0.1, 0.15) is 11.1 Å². The smallest absolute Gasteiger partial charge is 0.245 e. The maximum absolute atomic E-state index is 14.1. The number of nitrogens with zero attached hydrogens (tertiary/aromatic N) is 3. The van der Waals surface area contributed by atoms with E-state index in [1.807, 2.05) is 0 Å². The molecule has 226 valence electrons. The normalized spacial score (nSPS) is 13.4. The molecule has 0 bridgehead atoms. The number of amidine groups is 1. The second-order valence-electron chi connectivity index (χ2n) is 8.36. The van der Waals surface area contributed by atoms with Crippen LogP contribution in [0.5, 0.6) is 0 Å². The molecule has 0 amide bonds. The lowest BCUT2D eigenvalue weighted by Crippen LogP contribution is -2.35. The largest absolute Gasteiger partial charge is 0.372 e. The molecule has 0 saturated carbocycles. The Hall–Kier alpha value is -1.75. The number of nitriles is 1. The van der Waals surface area contributed by atoms with Gasteiger partial charge >= 0.3 is 0 Å². The van der Waals surface area contributed by atoms with E-state index in [2.05, 4.69) is 46.9 Å². The summed E-state index contributed by atoms with van der Waals surface area (Å²) in [5.41, 5.74) is -0.299. The summed E-state index contributed by atoms with van der Waals surface area (Å²) in [5.74, 6) is -0.812. The highest BCUT2D eigenvalue weighted by Crippen LogP contribution is 2.39. The van der Waals surface area contributed by atoms with Gasteiger partial charge in [-0.2, -0.15) is 8.97 Å². The van der Waals surface area contributed by atoms with Gasteiger partial charge in [0.15, 0.2) is 0 Å². The summed E-state index contributed by atoms with van der Waals surface area (Å²) in [6, 6.07) is 3.46. The van der Waals surface area contributed by atoms with E-state index in [0.29, 0.717) is 41.0 Å². The van der Waals surface area contributed by atoms with Crippen LogP contribution in [0.25, 0.3) is 0 Å². The molecule has 2 N–H and O–H groups in total. The van der Waals surface area contributed by atoms with Crippen LogP contribution in [0, 0.1) is 23.0 Å². The molecule has 0 saturated heterocycles. The van der Waals surface area contributed by atoms with E-state index in [0.717, 1.165) is 18.9 Å². The van der Waals surface area contributed by atoms with E-state index in [1.165, 1.54) is 0 Å². The first-order valence-electron chi connectivity index (χ1n) is 10.8. The molecule has 2 aromatic rings. The minimum Gasteiger partial charge on any atom is -0.372 e. The number of benzene rings is 2. The summed E-state index contributed by atoms with van der Waals surface area (Å²) in [6.07, 6.45) is 2.23. The van der Waals surface area contributed by atoms with Crippen LogP contribution in [0.2, 0.25) is 10.0 Å². The number of nitrogens with one attached hydrogen (secondary N) is 2. The molecular weight excluding hydrogens is 783 g/mol. The second-order valence-corrected chi connectivity index (χ2v) is 16.3. The molecule has 1 aliphatic rings. The van der Waals surface area contributed by atoms with Gasteiger partial charge in [-0.3, -0.25) is 9.71 Å². The maximum atomic E-state index is 14.1. The van der Waals surface area contributed by atoms with E-state index in [4.69, 9.17) is 28.5 Å². The maximum Gasteiger partial charge on any atom is 0.245 e. The quantitative estimate of drug-likeness (QED) is 0.375. The van der Waals surface area contributed by atoms with Crippen LogP contribution >= 0.6 is 55.1 Å². The molecule has 1 heterocycles. The average molecular weight is 804 g/mol. The van der Waals surface area contributed by atoms with Crippen molar-refractivity contribution in [3.63, 3.8) is 0 Å². The van der Waals surface area contributed by atoms with Gasteiger partial charge in [0, 0.05) is 39.1 Å². The summed E-state index contributed by atoms with van der Waals surface area (Å²) < 4.78 is 99.6. The number of rotatable bonds is 8. The van der Waals surface area contributed by atoms with E-state index < -0.39 is 47.4 Å². The molecule has 0 radical (unpaired) electrons. The van der Waals surface area contributed by atoms with E-state index in [-0.39, 0.29) is 42.3 Å². The standard InChI is InChI=1S/C11H12BrClFN3O2S.C10H9BrClFN2O4S2/c1-20(18,19)17-8-5-7(14)6(10(12)11(8)13)4-9-15-2-3-16-9;1-20(16,17)15(21(2,18)19)8-5-7(13)6(3-4-14)9(11)10(8)12/h5,17H,2-4H2,1H3,(H,15,16);5H,3H2,1-2H3. The Kier molecular flexibility index (Phi) is 11.8. The van der Waals surface area contributed by atoms with Gasteiger partial charge in [-0.05, 0) is 37.9 Å². The minimum atomic E-state index is -4.25. The number of hydrogen-bond acceptors (Lipinski definition) is 9. The molecule has 0 unspecified atom stereocenters. The first-order chi connectivity index (χ1) is 18.7. The summed E-state index contributed by atoms with van der Waals surface area (Å²) in [6.45, 7) is 1.39. The van der Waals surface area contributed by atoms with Crippen LogP contribution in [0.15, 0.2) is 26.1 Å². The van der Waals surface area contributed by atoms with Gasteiger partial charge in [-0.15, -0.1) is 0 Å². The third-order valence-corrected chi connectivity index (χ3v) is 11.7.